The van der Waals surface area contributed by atoms with Crippen LogP contribution in [0.15, 0.2) is 52.9 Å². The standard InChI is InChI=1S/C15H10ClFO2/c16-11-5-1-3-9(7-11)14(18)13-8-10-4-2-6-12(17)15(10)19-13/h1-8,14,18H. The fourth-order valence-electron chi connectivity index (χ4n) is 2.02. The van der Waals surface area contributed by atoms with Crippen LogP contribution >= 0.6 is 11.6 Å². The molecule has 0 saturated heterocycles. The maximum absolute atomic E-state index is 13.5. The van der Waals surface area contributed by atoms with Gasteiger partial charge in [-0.25, -0.2) is 4.39 Å². The van der Waals surface area contributed by atoms with Crippen molar-refractivity contribution in [1.82, 2.24) is 0 Å². The van der Waals surface area contributed by atoms with Crippen LogP contribution in [0.1, 0.15) is 17.4 Å². The van der Waals surface area contributed by atoms with Crippen molar-refractivity contribution in [3.63, 3.8) is 0 Å². The van der Waals surface area contributed by atoms with Crippen molar-refractivity contribution in [2.45, 2.75) is 6.10 Å². The molecule has 19 heavy (non-hydrogen) atoms. The summed E-state index contributed by atoms with van der Waals surface area (Å²) in [6.07, 6.45) is -0.967. The highest BCUT2D eigenvalue weighted by molar-refractivity contribution is 6.30. The van der Waals surface area contributed by atoms with Gasteiger partial charge in [0.1, 0.15) is 11.9 Å². The zero-order valence-corrected chi connectivity index (χ0v) is 10.6. The molecule has 1 N–H and O–H groups in total. The second kappa shape index (κ2) is 4.68. The molecule has 96 valence electrons. The molecule has 0 radical (unpaired) electrons. The SMILES string of the molecule is OC(c1cccc(Cl)c1)c1cc2cccc(F)c2o1. The predicted octanol–water partition coefficient (Wildman–Crippen LogP) is 4.31. The molecule has 0 fully saturated rings. The lowest BCUT2D eigenvalue weighted by Crippen LogP contribution is -1.97. The van der Waals surface area contributed by atoms with Crippen LogP contribution in [0.25, 0.3) is 11.0 Å². The molecule has 0 bridgehead atoms. The van der Waals surface area contributed by atoms with Gasteiger partial charge in [0.2, 0.25) is 0 Å². The average Bonchev–Trinajstić information content (AvgIpc) is 2.83. The number of hydrogen-bond acceptors (Lipinski definition) is 2. The number of halogens is 2. The van der Waals surface area contributed by atoms with Gasteiger partial charge in [-0.15, -0.1) is 0 Å². The van der Waals surface area contributed by atoms with E-state index in [1.165, 1.54) is 6.07 Å². The first-order valence-electron chi connectivity index (χ1n) is 5.76. The van der Waals surface area contributed by atoms with Gasteiger partial charge in [-0.3, -0.25) is 0 Å². The first-order chi connectivity index (χ1) is 9.15. The summed E-state index contributed by atoms with van der Waals surface area (Å²) in [6.45, 7) is 0. The van der Waals surface area contributed by atoms with Gasteiger partial charge in [0, 0.05) is 10.4 Å². The molecule has 0 aliphatic heterocycles. The van der Waals surface area contributed by atoms with Crippen LogP contribution in [-0.2, 0) is 0 Å². The van der Waals surface area contributed by atoms with E-state index in [0.717, 1.165) is 0 Å². The van der Waals surface area contributed by atoms with Crippen molar-refractivity contribution in [3.8, 4) is 0 Å². The number of rotatable bonds is 2. The molecule has 1 aromatic heterocycles. The van der Waals surface area contributed by atoms with Gasteiger partial charge >= 0.3 is 0 Å². The Hall–Kier alpha value is -1.84. The molecule has 3 rings (SSSR count). The highest BCUT2D eigenvalue weighted by Gasteiger charge is 2.17. The summed E-state index contributed by atoms with van der Waals surface area (Å²) in [7, 11) is 0. The van der Waals surface area contributed by atoms with Crippen molar-refractivity contribution in [1.29, 1.82) is 0 Å². The fourth-order valence-corrected chi connectivity index (χ4v) is 2.22. The molecule has 1 heterocycles. The molecule has 2 aromatic carbocycles. The van der Waals surface area contributed by atoms with Gasteiger partial charge in [-0.1, -0.05) is 35.9 Å². The van der Waals surface area contributed by atoms with E-state index in [9.17, 15) is 9.50 Å². The van der Waals surface area contributed by atoms with Gasteiger partial charge < -0.3 is 9.52 Å². The van der Waals surface area contributed by atoms with E-state index in [0.29, 0.717) is 21.7 Å². The fraction of sp³-hybridized carbons (Fsp3) is 0.0667. The van der Waals surface area contributed by atoms with Crippen molar-refractivity contribution >= 4 is 22.6 Å². The number of fused-ring (bicyclic) bond motifs is 1. The molecule has 0 aliphatic carbocycles. The third-order valence-corrected chi connectivity index (χ3v) is 3.18. The first-order valence-corrected chi connectivity index (χ1v) is 6.14. The maximum atomic E-state index is 13.5. The molecular formula is C15H10ClFO2. The summed E-state index contributed by atoms with van der Waals surface area (Å²) in [5, 5.41) is 11.4. The first kappa shape index (κ1) is 12.2. The molecule has 0 saturated carbocycles. The van der Waals surface area contributed by atoms with Gasteiger partial charge in [0.25, 0.3) is 0 Å². The summed E-state index contributed by atoms with van der Waals surface area (Å²) >= 11 is 5.88. The third-order valence-electron chi connectivity index (χ3n) is 2.95. The van der Waals surface area contributed by atoms with E-state index < -0.39 is 11.9 Å². The molecule has 2 nitrogen and oxygen atoms in total. The Bertz CT molecular complexity index is 736. The molecule has 0 spiro atoms. The van der Waals surface area contributed by atoms with E-state index in [2.05, 4.69) is 0 Å². The summed E-state index contributed by atoms with van der Waals surface area (Å²) < 4.78 is 18.9. The Labute approximate surface area is 114 Å². The number of hydrogen-bond donors (Lipinski definition) is 1. The van der Waals surface area contributed by atoms with Crippen LogP contribution in [0.2, 0.25) is 5.02 Å². The summed E-state index contributed by atoms with van der Waals surface area (Å²) in [4.78, 5) is 0. The molecular weight excluding hydrogens is 267 g/mol. The van der Waals surface area contributed by atoms with Crippen LogP contribution in [0, 0.1) is 5.82 Å². The largest absolute Gasteiger partial charge is 0.455 e. The smallest absolute Gasteiger partial charge is 0.170 e. The highest BCUT2D eigenvalue weighted by atomic mass is 35.5. The summed E-state index contributed by atoms with van der Waals surface area (Å²) in [5.74, 6) is -0.149. The minimum absolute atomic E-state index is 0.151. The number of aliphatic hydroxyl groups is 1. The van der Waals surface area contributed by atoms with Crippen LogP contribution in [0.4, 0.5) is 4.39 Å². The number of aliphatic hydroxyl groups excluding tert-OH is 1. The highest BCUT2D eigenvalue weighted by Crippen LogP contribution is 2.30. The lowest BCUT2D eigenvalue weighted by atomic mass is 10.1. The number of furan rings is 1. The molecule has 0 aliphatic rings. The second-order valence-electron chi connectivity index (χ2n) is 4.26. The third kappa shape index (κ3) is 2.23. The quantitative estimate of drug-likeness (QED) is 0.757. The zero-order chi connectivity index (χ0) is 13.4. The number of para-hydroxylation sites is 1. The maximum Gasteiger partial charge on any atom is 0.170 e. The van der Waals surface area contributed by atoms with Gasteiger partial charge in [-0.2, -0.15) is 0 Å². The molecule has 1 unspecified atom stereocenters. The van der Waals surface area contributed by atoms with E-state index in [-0.39, 0.29) is 5.58 Å². The van der Waals surface area contributed by atoms with Crippen LogP contribution in [-0.4, -0.2) is 5.11 Å². The van der Waals surface area contributed by atoms with Crippen molar-refractivity contribution < 1.29 is 13.9 Å². The molecule has 3 aromatic rings. The van der Waals surface area contributed by atoms with E-state index in [1.807, 2.05) is 0 Å². The Morgan fingerprint density at radius 2 is 1.89 bits per heavy atom. The molecule has 1 atom stereocenters. The lowest BCUT2D eigenvalue weighted by molar-refractivity contribution is 0.192. The van der Waals surface area contributed by atoms with Crippen molar-refractivity contribution in [3.05, 3.63) is 70.7 Å². The second-order valence-corrected chi connectivity index (χ2v) is 4.70. The van der Waals surface area contributed by atoms with Crippen molar-refractivity contribution in [2.24, 2.45) is 0 Å². The predicted molar refractivity (Wildman–Crippen MR) is 71.7 cm³/mol. The topological polar surface area (TPSA) is 33.4 Å². The average molecular weight is 277 g/mol. The Morgan fingerprint density at radius 3 is 2.63 bits per heavy atom. The Balaban J connectivity index is 2.06. The van der Waals surface area contributed by atoms with E-state index in [1.54, 1.807) is 42.5 Å². The van der Waals surface area contributed by atoms with Crippen LogP contribution in [0.3, 0.4) is 0 Å². The number of benzene rings is 2. The molecule has 4 heteroatoms. The lowest BCUT2D eigenvalue weighted by Gasteiger charge is -2.07. The van der Waals surface area contributed by atoms with Gasteiger partial charge in [0.05, 0.1) is 0 Å². The minimum atomic E-state index is -0.967. The molecule has 0 amide bonds. The van der Waals surface area contributed by atoms with E-state index >= 15 is 0 Å². The Kier molecular flexibility index (Phi) is 3.01. The van der Waals surface area contributed by atoms with Crippen molar-refractivity contribution in [2.75, 3.05) is 0 Å². The zero-order valence-electron chi connectivity index (χ0n) is 9.81. The Morgan fingerprint density at radius 1 is 1.11 bits per heavy atom. The van der Waals surface area contributed by atoms with Crippen LogP contribution < -0.4 is 0 Å². The van der Waals surface area contributed by atoms with Gasteiger partial charge in [-0.05, 0) is 29.8 Å². The normalized spacial score (nSPS) is 12.8. The van der Waals surface area contributed by atoms with Gasteiger partial charge in [0.15, 0.2) is 11.4 Å². The van der Waals surface area contributed by atoms with Crippen LogP contribution in [0.5, 0.6) is 0 Å². The summed E-state index contributed by atoms with van der Waals surface area (Å²) in [6, 6.07) is 13.1. The monoisotopic (exact) mass is 276 g/mol. The summed E-state index contributed by atoms with van der Waals surface area (Å²) in [5.41, 5.74) is 0.755. The minimum Gasteiger partial charge on any atom is -0.455 e. The van der Waals surface area contributed by atoms with E-state index in [4.69, 9.17) is 16.0 Å².